The number of rotatable bonds is 5. The number of carbonyl (C=O) groups is 2. The molecule has 1 aromatic rings. The molecule has 5 rings (SSSR count). The van der Waals surface area contributed by atoms with Gasteiger partial charge in [-0.15, -0.1) is 11.6 Å². The van der Waals surface area contributed by atoms with Gasteiger partial charge < -0.3 is 18.8 Å². The summed E-state index contributed by atoms with van der Waals surface area (Å²) in [5, 5.41) is -0.418. The van der Waals surface area contributed by atoms with Crippen molar-refractivity contribution in [3.63, 3.8) is 0 Å². The molecule has 6 nitrogen and oxygen atoms in total. The summed E-state index contributed by atoms with van der Waals surface area (Å²) in [6.07, 6.45) is 1.87. The van der Waals surface area contributed by atoms with E-state index in [0.717, 1.165) is 17.5 Å². The number of alkyl halides is 1. The number of carbonyl (C=O) groups excluding carboxylic acids is 2. The zero-order chi connectivity index (χ0) is 25.2. The standard InChI is InChI=1S/C26H36BClO6/c1-14-16(9-10-18(22(14)15(2)29)31-23(30)32-24(3,4)5)11-21(28)27-33-20-13-17-12-19(25(17,6)7)26(20,8)34-27/h9-10,17,19-21H,11-13H2,1-8H3/t17-,19-,20?,21+,26-/m0/s1. The van der Waals surface area contributed by atoms with E-state index in [9.17, 15) is 9.59 Å². The Balaban J connectivity index is 1.49. The Morgan fingerprint density at radius 3 is 2.50 bits per heavy atom. The van der Waals surface area contributed by atoms with E-state index in [-0.39, 0.29) is 28.7 Å². The molecule has 3 saturated carbocycles. The van der Waals surface area contributed by atoms with Gasteiger partial charge in [-0.3, -0.25) is 4.79 Å². The predicted octanol–water partition coefficient (Wildman–Crippen LogP) is 5.93. The van der Waals surface area contributed by atoms with Crippen molar-refractivity contribution in [3.05, 3.63) is 28.8 Å². The molecule has 0 radical (unpaired) electrons. The molecule has 0 amide bonds. The first-order valence-electron chi connectivity index (χ1n) is 12.1. The Labute approximate surface area is 208 Å². The third kappa shape index (κ3) is 4.40. The minimum Gasteiger partial charge on any atom is -0.428 e. The number of benzene rings is 1. The summed E-state index contributed by atoms with van der Waals surface area (Å²) in [6, 6.07) is 3.46. The summed E-state index contributed by atoms with van der Waals surface area (Å²) in [5.41, 5.74) is 1.22. The van der Waals surface area contributed by atoms with Gasteiger partial charge in [0, 0.05) is 0 Å². The Morgan fingerprint density at radius 1 is 1.24 bits per heavy atom. The minimum absolute atomic E-state index is 0.0639. The molecule has 0 aromatic heterocycles. The molecule has 34 heavy (non-hydrogen) atoms. The third-order valence-electron chi connectivity index (χ3n) is 8.15. The highest BCUT2D eigenvalue weighted by atomic mass is 35.5. The van der Waals surface area contributed by atoms with Crippen LogP contribution in [0.25, 0.3) is 0 Å². The fourth-order valence-corrected chi connectivity index (χ4v) is 6.47. The Bertz CT molecular complexity index is 1000. The van der Waals surface area contributed by atoms with Crippen molar-refractivity contribution in [2.75, 3.05) is 0 Å². The van der Waals surface area contributed by atoms with Crippen LogP contribution in [-0.2, 0) is 20.5 Å². The monoisotopic (exact) mass is 490 g/mol. The van der Waals surface area contributed by atoms with Crippen LogP contribution in [0.1, 0.15) is 82.8 Å². The lowest BCUT2D eigenvalue weighted by molar-refractivity contribution is -0.199. The lowest BCUT2D eigenvalue weighted by Gasteiger charge is -2.64. The molecule has 5 atom stereocenters. The molecule has 4 aliphatic rings. The molecule has 2 bridgehead atoms. The van der Waals surface area contributed by atoms with E-state index in [0.29, 0.717) is 23.8 Å². The molecule has 4 fully saturated rings. The molecule has 1 aliphatic heterocycles. The van der Waals surface area contributed by atoms with Crippen LogP contribution in [0.4, 0.5) is 4.79 Å². The molecule has 0 N–H and O–H groups in total. The van der Waals surface area contributed by atoms with Gasteiger partial charge in [0.25, 0.3) is 0 Å². The van der Waals surface area contributed by atoms with Crippen LogP contribution in [0.2, 0.25) is 0 Å². The molecule has 3 aliphatic carbocycles. The number of hydrogen-bond acceptors (Lipinski definition) is 6. The van der Waals surface area contributed by atoms with Crippen molar-refractivity contribution >= 4 is 30.7 Å². The fraction of sp³-hybridized carbons (Fsp3) is 0.692. The molecular weight excluding hydrogens is 455 g/mol. The van der Waals surface area contributed by atoms with Gasteiger partial charge in [0.15, 0.2) is 5.78 Å². The van der Waals surface area contributed by atoms with Crippen molar-refractivity contribution in [3.8, 4) is 5.75 Å². The first kappa shape index (κ1) is 25.5. The molecule has 186 valence electrons. The maximum absolute atomic E-state index is 12.4. The van der Waals surface area contributed by atoms with E-state index < -0.39 is 24.2 Å². The van der Waals surface area contributed by atoms with E-state index in [1.54, 1.807) is 26.8 Å². The molecule has 1 heterocycles. The van der Waals surface area contributed by atoms with Crippen LogP contribution in [0.5, 0.6) is 5.75 Å². The van der Waals surface area contributed by atoms with Crippen LogP contribution in [0.3, 0.4) is 0 Å². The second-order valence-electron chi connectivity index (χ2n) is 11.9. The van der Waals surface area contributed by atoms with Crippen molar-refractivity contribution in [1.82, 2.24) is 0 Å². The van der Waals surface area contributed by atoms with Gasteiger partial charge in [-0.1, -0.05) is 19.9 Å². The normalized spacial score (nSPS) is 30.3. The summed E-state index contributed by atoms with van der Waals surface area (Å²) in [7, 11) is -0.510. The van der Waals surface area contributed by atoms with Gasteiger partial charge in [-0.25, -0.2) is 4.79 Å². The summed E-state index contributed by atoms with van der Waals surface area (Å²) in [4.78, 5) is 24.6. The Hall–Kier alpha value is -1.57. The highest BCUT2D eigenvalue weighted by Gasteiger charge is 2.68. The topological polar surface area (TPSA) is 71.1 Å². The van der Waals surface area contributed by atoms with Gasteiger partial charge in [-0.2, -0.15) is 0 Å². The number of hydrogen-bond donors (Lipinski definition) is 0. The lowest BCUT2D eigenvalue weighted by Crippen LogP contribution is -2.65. The summed E-state index contributed by atoms with van der Waals surface area (Å²) in [6.45, 7) is 15.4. The zero-order valence-corrected chi connectivity index (χ0v) is 22.2. The van der Waals surface area contributed by atoms with Crippen molar-refractivity contribution in [2.24, 2.45) is 17.3 Å². The van der Waals surface area contributed by atoms with Gasteiger partial charge >= 0.3 is 13.3 Å². The van der Waals surface area contributed by atoms with Gasteiger partial charge in [0.2, 0.25) is 0 Å². The van der Waals surface area contributed by atoms with Crippen LogP contribution in [0, 0.1) is 24.2 Å². The second kappa shape index (κ2) is 8.53. The van der Waals surface area contributed by atoms with Crippen LogP contribution < -0.4 is 4.74 Å². The third-order valence-corrected chi connectivity index (χ3v) is 8.51. The fourth-order valence-electron chi connectivity index (χ4n) is 6.19. The smallest absolute Gasteiger partial charge is 0.428 e. The van der Waals surface area contributed by atoms with Crippen molar-refractivity contribution in [2.45, 2.75) is 97.2 Å². The average molecular weight is 491 g/mol. The summed E-state index contributed by atoms with van der Waals surface area (Å²) in [5.74, 6) is 1.12. The maximum Gasteiger partial charge on any atom is 0.514 e. The second-order valence-corrected chi connectivity index (χ2v) is 12.5. The van der Waals surface area contributed by atoms with E-state index in [2.05, 4.69) is 20.8 Å². The number of halogens is 1. The number of ketones is 1. The molecule has 8 heteroatoms. The predicted molar refractivity (Wildman–Crippen MR) is 132 cm³/mol. The van der Waals surface area contributed by atoms with E-state index >= 15 is 0 Å². The van der Waals surface area contributed by atoms with Crippen molar-refractivity contribution < 1.29 is 28.4 Å². The van der Waals surface area contributed by atoms with Crippen LogP contribution in [0.15, 0.2) is 12.1 Å². The van der Waals surface area contributed by atoms with E-state index in [4.69, 9.17) is 30.4 Å². The van der Waals surface area contributed by atoms with E-state index in [1.165, 1.54) is 13.3 Å². The quantitative estimate of drug-likeness (QED) is 0.167. The van der Waals surface area contributed by atoms with Crippen LogP contribution >= 0.6 is 11.6 Å². The summed E-state index contributed by atoms with van der Waals surface area (Å²) >= 11 is 6.84. The van der Waals surface area contributed by atoms with Crippen LogP contribution in [-0.4, -0.2) is 41.6 Å². The Morgan fingerprint density at radius 2 is 1.91 bits per heavy atom. The molecule has 1 aromatic carbocycles. The average Bonchev–Trinajstić information content (AvgIpc) is 3.05. The van der Waals surface area contributed by atoms with Gasteiger partial charge in [-0.05, 0) is 95.2 Å². The number of ether oxygens (including phenoxy) is 2. The number of Topliss-reactive ketones (excluding diaryl/α,β-unsaturated/α-hetero) is 1. The minimum atomic E-state index is -0.845. The molecule has 1 saturated heterocycles. The first-order valence-corrected chi connectivity index (χ1v) is 12.6. The molecule has 1 unspecified atom stereocenters. The lowest BCUT2D eigenvalue weighted by atomic mass is 9.43. The van der Waals surface area contributed by atoms with Gasteiger partial charge in [0.05, 0.1) is 22.5 Å². The largest absolute Gasteiger partial charge is 0.514 e. The molecular formula is C26H36BClO6. The zero-order valence-electron chi connectivity index (χ0n) is 21.5. The molecule has 0 spiro atoms. The SMILES string of the molecule is CC(=O)c1c(OC(=O)OC(C)(C)C)ccc(C[C@@H](Cl)B2OC3C[C@@H]4C[C@@H](C4(C)C)[C@]3(C)O2)c1C. The van der Waals surface area contributed by atoms with E-state index in [1.807, 2.05) is 13.0 Å². The summed E-state index contributed by atoms with van der Waals surface area (Å²) < 4.78 is 23.4. The maximum atomic E-state index is 12.4. The van der Waals surface area contributed by atoms with Gasteiger partial charge in [0.1, 0.15) is 11.4 Å². The highest BCUT2D eigenvalue weighted by Crippen LogP contribution is 2.65. The first-order chi connectivity index (χ1) is 15.6. The van der Waals surface area contributed by atoms with Crippen molar-refractivity contribution in [1.29, 1.82) is 0 Å². The Kier molecular flexibility index (Phi) is 6.40. The highest BCUT2D eigenvalue weighted by molar-refractivity contribution is 6.60.